The maximum Gasteiger partial charge on any atom is 0.258 e. The molecule has 2 aromatic heterocycles. The molecule has 0 aliphatic heterocycles. The number of benzene rings is 1. The maximum atomic E-state index is 9.45. The fraction of sp³-hybridized carbons (Fsp3) is 0.381. The number of ether oxygens (including phenoxy) is 1. The summed E-state index contributed by atoms with van der Waals surface area (Å²) in [6.45, 7) is 7.16. The van der Waals surface area contributed by atoms with Crippen molar-refractivity contribution in [2.75, 3.05) is 31.2 Å². The Morgan fingerprint density at radius 3 is 2.35 bits per heavy atom. The van der Waals surface area contributed by atoms with E-state index in [2.05, 4.69) is 33.9 Å². The van der Waals surface area contributed by atoms with Gasteiger partial charge in [-0.25, -0.2) is 4.98 Å². The van der Waals surface area contributed by atoms with Crippen LogP contribution < -0.4 is 9.64 Å². The first-order chi connectivity index (χ1) is 14.9. The summed E-state index contributed by atoms with van der Waals surface area (Å²) in [5.41, 5.74) is 2.16. The van der Waals surface area contributed by atoms with Gasteiger partial charge in [0, 0.05) is 29.9 Å². The highest BCUT2D eigenvalue weighted by Gasteiger charge is 2.18. The molecule has 8 nitrogen and oxygen atoms in total. The van der Waals surface area contributed by atoms with Gasteiger partial charge in [0.25, 0.3) is 5.89 Å². The minimum atomic E-state index is -1.03. The van der Waals surface area contributed by atoms with Crippen molar-refractivity contribution in [3.63, 3.8) is 0 Å². The number of hydrogen-bond acceptors (Lipinski definition) is 8. The molecular weight excluding hydrogens is 443 g/mol. The summed E-state index contributed by atoms with van der Waals surface area (Å²) in [7, 11) is 0. The zero-order valence-electron chi connectivity index (χ0n) is 17.5. The SMILES string of the molecule is CCN(CC)c1cc(-c2nc(-c3cc(Cl)c(OC[C@@H](O)CO)c(Cl)c3)no2)cc(C)n1. The van der Waals surface area contributed by atoms with Gasteiger partial charge >= 0.3 is 0 Å². The smallest absolute Gasteiger partial charge is 0.258 e. The highest BCUT2D eigenvalue weighted by molar-refractivity contribution is 6.37. The minimum Gasteiger partial charge on any atom is -0.488 e. The standard InChI is InChI=1S/C21H24Cl2N4O4/c1-4-27(5-2)18-9-14(6-12(3)24-18)21-25-20(26-31-21)13-7-16(22)19(17(23)8-13)30-11-15(29)10-28/h6-9,15,28-29H,4-5,10-11H2,1-3H3/t15-/m0/s1. The van der Waals surface area contributed by atoms with Crippen LogP contribution in [0.4, 0.5) is 5.82 Å². The van der Waals surface area contributed by atoms with E-state index in [-0.39, 0.29) is 22.4 Å². The van der Waals surface area contributed by atoms with Gasteiger partial charge in [0.05, 0.1) is 16.7 Å². The molecule has 166 valence electrons. The molecule has 10 heteroatoms. The first-order valence-corrected chi connectivity index (χ1v) is 10.6. The molecule has 0 spiro atoms. The third kappa shape index (κ3) is 5.46. The summed E-state index contributed by atoms with van der Waals surface area (Å²) in [5.74, 6) is 1.72. The van der Waals surface area contributed by atoms with E-state index in [4.69, 9.17) is 37.6 Å². The highest BCUT2D eigenvalue weighted by atomic mass is 35.5. The quantitative estimate of drug-likeness (QED) is 0.487. The van der Waals surface area contributed by atoms with Crippen molar-refractivity contribution in [3.8, 4) is 28.6 Å². The average Bonchev–Trinajstić information content (AvgIpc) is 3.24. The van der Waals surface area contributed by atoms with E-state index in [0.29, 0.717) is 17.3 Å². The second-order valence-electron chi connectivity index (χ2n) is 6.87. The Bertz CT molecular complexity index is 1020. The zero-order chi connectivity index (χ0) is 22.5. The average molecular weight is 467 g/mol. The van der Waals surface area contributed by atoms with Crippen LogP contribution in [0.5, 0.6) is 5.75 Å². The summed E-state index contributed by atoms with van der Waals surface area (Å²) in [6.07, 6.45) is -1.03. The van der Waals surface area contributed by atoms with Crippen molar-refractivity contribution in [2.24, 2.45) is 0 Å². The lowest BCUT2D eigenvalue weighted by Gasteiger charge is -2.20. The molecule has 2 heterocycles. The van der Waals surface area contributed by atoms with Crippen LogP contribution >= 0.6 is 23.2 Å². The summed E-state index contributed by atoms with van der Waals surface area (Å²) < 4.78 is 10.9. The van der Waals surface area contributed by atoms with Gasteiger partial charge in [-0.2, -0.15) is 4.98 Å². The first-order valence-electron chi connectivity index (χ1n) is 9.85. The number of rotatable bonds is 9. The first kappa shape index (κ1) is 23.3. The van der Waals surface area contributed by atoms with Crippen LogP contribution in [0.1, 0.15) is 19.5 Å². The van der Waals surface area contributed by atoms with Crippen LogP contribution in [0, 0.1) is 6.92 Å². The monoisotopic (exact) mass is 466 g/mol. The van der Waals surface area contributed by atoms with Crippen LogP contribution in [0.15, 0.2) is 28.8 Å². The number of pyridine rings is 1. The molecule has 0 radical (unpaired) electrons. The van der Waals surface area contributed by atoms with Gasteiger partial charge in [-0.3, -0.25) is 0 Å². The molecule has 0 unspecified atom stereocenters. The van der Waals surface area contributed by atoms with Crippen molar-refractivity contribution in [1.29, 1.82) is 0 Å². The number of aliphatic hydroxyl groups is 2. The highest BCUT2D eigenvalue weighted by Crippen LogP contribution is 2.37. The largest absolute Gasteiger partial charge is 0.488 e. The van der Waals surface area contributed by atoms with Crippen molar-refractivity contribution in [1.82, 2.24) is 15.1 Å². The molecule has 0 aliphatic carbocycles. The second kappa shape index (κ2) is 10.3. The summed E-state index contributed by atoms with van der Waals surface area (Å²) in [4.78, 5) is 11.2. The maximum absolute atomic E-state index is 9.45. The Morgan fingerprint density at radius 2 is 1.74 bits per heavy atom. The predicted octanol–water partition coefficient (Wildman–Crippen LogP) is 3.99. The van der Waals surface area contributed by atoms with E-state index in [0.717, 1.165) is 30.2 Å². The molecule has 0 bridgehead atoms. The van der Waals surface area contributed by atoms with E-state index >= 15 is 0 Å². The lowest BCUT2D eigenvalue weighted by molar-refractivity contribution is 0.0537. The lowest BCUT2D eigenvalue weighted by Crippen LogP contribution is -2.23. The molecule has 0 saturated carbocycles. The van der Waals surface area contributed by atoms with Gasteiger partial charge in [-0.15, -0.1) is 0 Å². The summed E-state index contributed by atoms with van der Waals surface area (Å²) >= 11 is 12.6. The van der Waals surface area contributed by atoms with E-state index in [9.17, 15) is 5.11 Å². The molecule has 0 saturated heterocycles. The Kier molecular flexibility index (Phi) is 7.72. The molecule has 3 rings (SSSR count). The van der Waals surface area contributed by atoms with E-state index in [1.54, 1.807) is 12.1 Å². The molecule has 0 fully saturated rings. The number of nitrogens with zero attached hydrogens (tertiary/aromatic N) is 4. The fourth-order valence-electron chi connectivity index (χ4n) is 3.00. The molecule has 0 aliphatic rings. The predicted molar refractivity (Wildman–Crippen MR) is 120 cm³/mol. The summed E-state index contributed by atoms with van der Waals surface area (Å²) in [6, 6.07) is 7.00. The van der Waals surface area contributed by atoms with Crippen LogP contribution in [-0.4, -0.2) is 57.7 Å². The number of aryl methyl sites for hydroxylation is 1. The van der Waals surface area contributed by atoms with Gasteiger partial charge < -0.3 is 24.4 Å². The van der Waals surface area contributed by atoms with E-state index < -0.39 is 12.7 Å². The van der Waals surface area contributed by atoms with Gasteiger partial charge in [-0.1, -0.05) is 28.4 Å². The van der Waals surface area contributed by atoms with Crippen molar-refractivity contribution in [3.05, 3.63) is 40.0 Å². The van der Waals surface area contributed by atoms with Gasteiger partial charge in [0.2, 0.25) is 5.82 Å². The third-order valence-electron chi connectivity index (χ3n) is 4.59. The van der Waals surface area contributed by atoms with Crippen molar-refractivity contribution >= 4 is 29.0 Å². The zero-order valence-corrected chi connectivity index (χ0v) is 19.0. The molecule has 1 atom stereocenters. The second-order valence-corrected chi connectivity index (χ2v) is 7.68. The topological polar surface area (TPSA) is 105 Å². The third-order valence-corrected chi connectivity index (χ3v) is 5.15. The number of aromatic nitrogens is 3. The van der Waals surface area contributed by atoms with Crippen LogP contribution in [0.3, 0.4) is 0 Å². The molecule has 0 amide bonds. The Labute approximate surface area is 190 Å². The van der Waals surface area contributed by atoms with Crippen LogP contribution in [0.2, 0.25) is 10.0 Å². The van der Waals surface area contributed by atoms with Gasteiger partial charge in [0.1, 0.15) is 18.5 Å². The fourth-order valence-corrected chi connectivity index (χ4v) is 3.60. The van der Waals surface area contributed by atoms with Crippen LogP contribution in [-0.2, 0) is 0 Å². The number of halogens is 2. The lowest BCUT2D eigenvalue weighted by atomic mass is 10.2. The molecule has 31 heavy (non-hydrogen) atoms. The van der Waals surface area contributed by atoms with E-state index in [1.165, 1.54) is 0 Å². The van der Waals surface area contributed by atoms with Gasteiger partial charge in [-0.05, 0) is 45.0 Å². The normalized spacial score (nSPS) is 12.1. The Hall–Kier alpha value is -2.39. The molecule has 3 aromatic rings. The minimum absolute atomic E-state index is 0.141. The van der Waals surface area contributed by atoms with Crippen LogP contribution in [0.25, 0.3) is 22.8 Å². The molecule has 2 N–H and O–H groups in total. The number of anilines is 1. The Morgan fingerprint density at radius 1 is 1.06 bits per heavy atom. The molecular formula is C21H24Cl2N4O4. The Balaban J connectivity index is 1.89. The summed E-state index contributed by atoms with van der Waals surface area (Å²) in [5, 5.41) is 22.9. The molecule has 1 aromatic carbocycles. The van der Waals surface area contributed by atoms with E-state index in [1.807, 2.05) is 19.1 Å². The van der Waals surface area contributed by atoms with Crippen molar-refractivity contribution in [2.45, 2.75) is 26.9 Å². The number of hydrogen-bond donors (Lipinski definition) is 2. The van der Waals surface area contributed by atoms with Crippen molar-refractivity contribution < 1.29 is 19.5 Å². The van der Waals surface area contributed by atoms with Gasteiger partial charge in [0.15, 0.2) is 5.75 Å². The number of aliphatic hydroxyl groups excluding tert-OH is 2.